The first-order valence-corrected chi connectivity index (χ1v) is 2.22. The molecule has 0 saturated carbocycles. The van der Waals surface area contributed by atoms with Crippen molar-refractivity contribution in [2.45, 2.75) is 19.1 Å². The number of carbonyl (C=O) groups is 1. The van der Waals surface area contributed by atoms with Gasteiger partial charge < -0.3 is 15.9 Å². The molecule has 2 atom stereocenters. The van der Waals surface area contributed by atoms with Gasteiger partial charge in [0.05, 0.1) is 6.10 Å². The van der Waals surface area contributed by atoms with Crippen LogP contribution in [0.2, 0.25) is 0 Å². The van der Waals surface area contributed by atoms with Crippen LogP contribution < -0.4 is 5.73 Å². The minimum absolute atomic E-state index is 0. The van der Waals surface area contributed by atoms with Gasteiger partial charge in [-0.1, -0.05) is 0 Å². The van der Waals surface area contributed by atoms with Gasteiger partial charge in [0.25, 0.3) is 0 Å². The second-order valence-electron chi connectivity index (χ2n) is 1.60. The molecule has 0 saturated heterocycles. The van der Waals surface area contributed by atoms with E-state index in [-0.39, 0.29) is 29.6 Å². The Bertz CT molecular complexity index is 95.8. The minimum atomic E-state index is -1.18. The van der Waals surface area contributed by atoms with Crippen LogP contribution in [0.4, 0.5) is 0 Å². The van der Waals surface area contributed by atoms with Gasteiger partial charge in [0.1, 0.15) is 6.04 Å². The molecule has 4 N–H and O–H groups in total. The van der Waals surface area contributed by atoms with Crippen LogP contribution in [0.25, 0.3) is 0 Å². The van der Waals surface area contributed by atoms with Crippen molar-refractivity contribution in [1.82, 2.24) is 0 Å². The molecule has 5 heteroatoms. The van der Waals surface area contributed by atoms with Crippen LogP contribution in [0, 0.1) is 0 Å². The van der Waals surface area contributed by atoms with Gasteiger partial charge in [-0.2, -0.15) is 0 Å². The molecular weight excluding hydrogens is 133 g/mol. The van der Waals surface area contributed by atoms with Gasteiger partial charge in [0.2, 0.25) is 0 Å². The van der Waals surface area contributed by atoms with E-state index in [0.29, 0.717) is 0 Å². The summed E-state index contributed by atoms with van der Waals surface area (Å²) >= 11 is 0. The zero-order valence-electron chi connectivity index (χ0n) is 4.53. The van der Waals surface area contributed by atoms with E-state index in [1.54, 1.807) is 0 Å². The fourth-order valence-corrected chi connectivity index (χ4v) is 0.206. The molecule has 0 rings (SSSR count). The number of rotatable bonds is 2. The maximum atomic E-state index is 9.86. The van der Waals surface area contributed by atoms with Gasteiger partial charge in [-0.3, -0.25) is 4.79 Å². The predicted molar refractivity (Wildman–Crippen MR) is 34.4 cm³/mol. The Morgan fingerprint density at radius 1 is 1.67 bits per heavy atom. The molecule has 0 aliphatic heterocycles. The van der Waals surface area contributed by atoms with Gasteiger partial charge in [0, 0.05) is 0 Å². The fourth-order valence-electron chi connectivity index (χ4n) is 0.206. The van der Waals surface area contributed by atoms with Gasteiger partial charge >= 0.3 is 35.5 Å². The summed E-state index contributed by atoms with van der Waals surface area (Å²) in [5.41, 5.74) is 4.91. The summed E-state index contributed by atoms with van der Waals surface area (Å²) in [5.74, 6) is -1.18. The number of carboxylic acid groups (broad SMARTS) is 1. The number of hydrogen-bond acceptors (Lipinski definition) is 3. The standard InChI is InChI=1S/C4H9NO3.Na.H/c1-2(6)3(5)4(7)8;;/h2-3,6H,5H2,1H3,(H,7,8);;/t2-,3+;;/m1../s1. The normalized spacial score (nSPS) is 15.4. The van der Waals surface area contributed by atoms with E-state index < -0.39 is 18.1 Å². The Morgan fingerprint density at radius 2 is 2.00 bits per heavy atom. The number of aliphatic carboxylic acids is 1. The van der Waals surface area contributed by atoms with Gasteiger partial charge in [-0.05, 0) is 6.92 Å². The Morgan fingerprint density at radius 3 is 2.00 bits per heavy atom. The zero-order valence-corrected chi connectivity index (χ0v) is 4.53. The van der Waals surface area contributed by atoms with Crippen molar-refractivity contribution in [2.24, 2.45) is 5.73 Å². The van der Waals surface area contributed by atoms with Gasteiger partial charge in [-0.25, -0.2) is 0 Å². The third-order valence-corrected chi connectivity index (χ3v) is 0.805. The van der Waals surface area contributed by atoms with E-state index in [1.165, 1.54) is 6.92 Å². The van der Waals surface area contributed by atoms with Gasteiger partial charge in [0.15, 0.2) is 0 Å². The second-order valence-corrected chi connectivity index (χ2v) is 1.60. The molecule has 0 unspecified atom stereocenters. The third kappa shape index (κ3) is 4.87. The number of carboxylic acids is 1. The van der Waals surface area contributed by atoms with Crippen molar-refractivity contribution >= 4 is 35.5 Å². The van der Waals surface area contributed by atoms with E-state index in [0.717, 1.165) is 0 Å². The van der Waals surface area contributed by atoms with E-state index in [9.17, 15) is 4.79 Å². The molecule has 0 aromatic carbocycles. The Kier molecular flexibility index (Phi) is 6.99. The molecule has 0 aliphatic rings. The van der Waals surface area contributed by atoms with Crippen LogP contribution in [0.3, 0.4) is 0 Å². The molecule has 0 radical (unpaired) electrons. The van der Waals surface area contributed by atoms with E-state index in [2.05, 4.69) is 0 Å². The van der Waals surface area contributed by atoms with Crippen molar-refractivity contribution < 1.29 is 15.0 Å². The number of aliphatic hydroxyl groups excluding tert-OH is 1. The predicted octanol–water partition coefficient (Wildman–Crippen LogP) is -1.87. The molecule has 0 fully saturated rings. The molecule has 0 aromatic rings. The molecule has 0 aliphatic carbocycles. The van der Waals surface area contributed by atoms with Crippen LogP contribution in [0.5, 0.6) is 0 Å². The van der Waals surface area contributed by atoms with Crippen molar-refractivity contribution in [3.05, 3.63) is 0 Å². The first-order valence-electron chi connectivity index (χ1n) is 2.22. The number of nitrogens with two attached hydrogens (primary N) is 1. The van der Waals surface area contributed by atoms with Crippen molar-refractivity contribution in [1.29, 1.82) is 0 Å². The summed E-state index contributed by atoms with van der Waals surface area (Å²) in [6, 6.07) is -1.16. The molecule has 0 amide bonds. The molecular formula is C4H10NNaO3. The second kappa shape index (κ2) is 5.20. The summed E-state index contributed by atoms with van der Waals surface area (Å²) in [6.45, 7) is 1.33. The zero-order chi connectivity index (χ0) is 6.73. The first kappa shape index (κ1) is 12.1. The Hall–Kier alpha value is 0.390. The molecule has 50 valence electrons. The molecule has 0 bridgehead atoms. The molecule has 0 heterocycles. The Balaban J connectivity index is 0. The fraction of sp³-hybridized carbons (Fsp3) is 0.750. The quantitative estimate of drug-likeness (QED) is 0.395. The van der Waals surface area contributed by atoms with Crippen molar-refractivity contribution in [3.63, 3.8) is 0 Å². The summed E-state index contributed by atoms with van der Waals surface area (Å²) in [7, 11) is 0. The van der Waals surface area contributed by atoms with Crippen LogP contribution in [0.15, 0.2) is 0 Å². The van der Waals surface area contributed by atoms with Crippen molar-refractivity contribution in [3.8, 4) is 0 Å². The van der Waals surface area contributed by atoms with E-state index in [1.807, 2.05) is 0 Å². The van der Waals surface area contributed by atoms with E-state index >= 15 is 0 Å². The summed E-state index contributed by atoms with van der Waals surface area (Å²) < 4.78 is 0. The topological polar surface area (TPSA) is 83.5 Å². The van der Waals surface area contributed by atoms with Crippen LogP contribution in [0.1, 0.15) is 6.92 Å². The molecule has 4 nitrogen and oxygen atoms in total. The van der Waals surface area contributed by atoms with Crippen LogP contribution >= 0.6 is 0 Å². The summed E-state index contributed by atoms with van der Waals surface area (Å²) in [4.78, 5) is 9.86. The summed E-state index contributed by atoms with van der Waals surface area (Å²) in [6.07, 6.45) is -0.979. The average Bonchev–Trinajstić information content (AvgIpc) is 1.64. The monoisotopic (exact) mass is 143 g/mol. The van der Waals surface area contributed by atoms with Crippen molar-refractivity contribution in [2.75, 3.05) is 0 Å². The maximum absolute atomic E-state index is 9.86. The first-order chi connectivity index (χ1) is 3.55. The molecule has 0 aromatic heterocycles. The van der Waals surface area contributed by atoms with E-state index in [4.69, 9.17) is 15.9 Å². The number of hydrogen-bond donors (Lipinski definition) is 3. The Labute approximate surface area is 75.3 Å². The average molecular weight is 143 g/mol. The molecule has 9 heavy (non-hydrogen) atoms. The molecule has 0 spiro atoms. The van der Waals surface area contributed by atoms with Crippen LogP contribution in [-0.4, -0.2) is 57.9 Å². The van der Waals surface area contributed by atoms with Crippen LogP contribution in [-0.2, 0) is 4.79 Å². The number of aliphatic hydroxyl groups is 1. The van der Waals surface area contributed by atoms with Gasteiger partial charge in [-0.15, -0.1) is 0 Å². The third-order valence-electron chi connectivity index (χ3n) is 0.805. The summed E-state index contributed by atoms with van der Waals surface area (Å²) in [5, 5.41) is 16.6. The SMILES string of the molecule is C[C@@H](O)[C@H](N)C(=O)O.[NaH].